The van der Waals surface area contributed by atoms with E-state index in [2.05, 4.69) is 5.16 Å². The van der Waals surface area contributed by atoms with Crippen LogP contribution < -0.4 is 10.6 Å². The monoisotopic (exact) mass is 247 g/mol. The van der Waals surface area contributed by atoms with Crippen LogP contribution >= 0.6 is 0 Å². The van der Waals surface area contributed by atoms with Gasteiger partial charge in [0.25, 0.3) is 0 Å². The Labute approximate surface area is 106 Å². The lowest BCUT2D eigenvalue weighted by Gasteiger charge is -2.30. The molecule has 5 heteroatoms. The van der Waals surface area contributed by atoms with E-state index in [-0.39, 0.29) is 17.7 Å². The molecule has 1 saturated carbocycles. The Balaban J connectivity index is 2.29. The summed E-state index contributed by atoms with van der Waals surface area (Å²) in [5, 5.41) is 11.8. The van der Waals surface area contributed by atoms with Gasteiger partial charge in [-0.05, 0) is 25.0 Å². The molecule has 5 nitrogen and oxygen atoms in total. The molecule has 18 heavy (non-hydrogen) atoms. The molecule has 2 rings (SSSR count). The van der Waals surface area contributed by atoms with Gasteiger partial charge in [-0.3, -0.25) is 4.79 Å². The highest BCUT2D eigenvalue weighted by Gasteiger charge is 2.29. The van der Waals surface area contributed by atoms with Crippen LogP contribution in [0.3, 0.4) is 0 Å². The molecule has 1 amide bonds. The van der Waals surface area contributed by atoms with Crippen LogP contribution in [-0.4, -0.2) is 24.0 Å². The number of hydrogen-bond acceptors (Lipinski definition) is 3. The largest absolute Gasteiger partial charge is 0.409 e. The summed E-state index contributed by atoms with van der Waals surface area (Å²) in [6.45, 7) is 0. The second-order valence-electron chi connectivity index (χ2n) is 4.53. The summed E-state index contributed by atoms with van der Waals surface area (Å²) in [5.74, 6) is 0.230. The zero-order valence-electron chi connectivity index (χ0n) is 10.3. The molecule has 0 radical (unpaired) electrons. The van der Waals surface area contributed by atoms with E-state index < -0.39 is 0 Å². The highest BCUT2D eigenvalue weighted by atomic mass is 16.4. The molecule has 1 aliphatic rings. The van der Waals surface area contributed by atoms with Crippen LogP contribution in [0, 0.1) is 5.92 Å². The Kier molecular flexibility index (Phi) is 3.50. The molecule has 0 aliphatic heterocycles. The van der Waals surface area contributed by atoms with E-state index in [1.54, 1.807) is 30.1 Å². The average molecular weight is 247 g/mol. The topological polar surface area (TPSA) is 78.9 Å². The predicted octanol–water partition coefficient (Wildman–Crippen LogP) is 1.54. The van der Waals surface area contributed by atoms with Gasteiger partial charge in [-0.1, -0.05) is 23.7 Å². The van der Waals surface area contributed by atoms with Gasteiger partial charge in [0, 0.05) is 18.5 Å². The van der Waals surface area contributed by atoms with Crippen molar-refractivity contribution >= 4 is 17.4 Å². The van der Waals surface area contributed by atoms with Crippen LogP contribution in [0.25, 0.3) is 0 Å². The van der Waals surface area contributed by atoms with E-state index in [0.29, 0.717) is 11.3 Å². The van der Waals surface area contributed by atoms with Gasteiger partial charge in [-0.25, -0.2) is 0 Å². The van der Waals surface area contributed by atoms with Crippen LogP contribution in [0.4, 0.5) is 5.69 Å². The Morgan fingerprint density at radius 2 is 2.11 bits per heavy atom. The summed E-state index contributed by atoms with van der Waals surface area (Å²) in [7, 11) is 1.73. The van der Waals surface area contributed by atoms with Crippen molar-refractivity contribution in [1.82, 2.24) is 0 Å². The Hall–Kier alpha value is -2.04. The lowest BCUT2D eigenvalue weighted by Crippen LogP contribution is -2.37. The van der Waals surface area contributed by atoms with Crippen molar-refractivity contribution in [3.63, 3.8) is 0 Å². The molecule has 0 unspecified atom stereocenters. The van der Waals surface area contributed by atoms with Crippen LogP contribution in [0.5, 0.6) is 0 Å². The lowest BCUT2D eigenvalue weighted by atomic mass is 9.84. The predicted molar refractivity (Wildman–Crippen MR) is 69.7 cm³/mol. The van der Waals surface area contributed by atoms with E-state index in [1.165, 1.54) is 0 Å². The maximum atomic E-state index is 12.2. The molecule has 0 aromatic heterocycles. The van der Waals surface area contributed by atoms with Crippen LogP contribution in [0.2, 0.25) is 0 Å². The van der Waals surface area contributed by atoms with Crippen LogP contribution in [-0.2, 0) is 4.79 Å². The van der Waals surface area contributed by atoms with Gasteiger partial charge in [0.15, 0.2) is 5.84 Å². The van der Waals surface area contributed by atoms with E-state index >= 15 is 0 Å². The molecular formula is C13H17N3O2. The van der Waals surface area contributed by atoms with E-state index in [4.69, 9.17) is 10.9 Å². The number of carbonyl (C=O) groups is 1. The fraction of sp³-hybridized carbons (Fsp3) is 0.385. The number of anilines is 1. The van der Waals surface area contributed by atoms with E-state index in [1.807, 2.05) is 6.07 Å². The molecule has 1 aromatic rings. The zero-order chi connectivity index (χ0) is 13.1. The second-order valence-corrected chi connectivity index (χ2v) is 4.53. The first-order valence-corrected chi connectivity index (χ1v) is 5.99. The molecular weight excluding hydrogens is 230 g/mol. The van der Waals surface area contributed by atoms with Crippen molar-refractivity contribution in [2.75, 3.05) is 11.9 Å². The quantitative estimate of drug-likeness (QED) is 0.368. The third-order valence-corrected chi connectivity index (χ3v) is 3.43. The summed E-state index contributed by atoms with van der Waals surface area (Å²) in [6, 6.07) is 7.14. The number of hydrogen-bond donors (Lipinski definition) is 2. The Morgan fingerprint density at radius 3 is 2.67 bits per heavy atom. The first-order valence-electron chi connectivity index (χ1n) is 5.99. The van der Waals surface area contributed by atoms with Gasteiger partial charge in [-0.15, -0.1) is 0 Å². The molecule has 0 spiro atoms. The van der Waals surface area contributed by atoms with E-state index in [0.717, 1.165) is 19.3 Å². The smallest absolute Gasteiger partial charge is 0.229 e. The summed E-state index contributed by atoms with van der Waals surface area (Å²) in [6.07, 6.45) is 3.02. The molecule has 1 aliphatic carbocycles. The first kappa shape index (κ1) is 12.4. The van der Waals surface area contributed by atoms with Crippen molar-refractivity contribution in [1.29, 1.82) is 0 Å². The van der Waals surface area contributed by atoms with Gasteiger partial charge in [0.05, 0.1) is 5.69 Å². The molecule has 0 atom stereocenters. The number of benzene rings is 1. The normalized spacial score (nSPS) is 16.2. The van der Waals surface area contributed by atoms with Crippen molar-refractivity contribution in [3.05, 3.63) is 29.8 Å². The second kappa shape index (κ2) is 5.08. The van der Waals surface area contributed by atoms with Crippen LogP contribution in [0.15, 0.2) is 29.4 Å². The number of carbonyl (C=O) groups excluding carboxylic acids is 1. The molecule has 96 valence electrons. The van der Waals surface area contributed by atoms with Gasteiger partial charge >= 0.3 is 0 Å². The molecule has 0 heterocycles. The zero-order valence-corrected chi connectivity index (χ0v) is 10.3. The summed E-state index contributed by atoms with van der Waals surface area (Å²) >= 11 is 0. The van der Waals surface area contributed by atoms with Gasteiger partial charge < -0.3 is 15.8 Å². The minimum absolute atomic E-state index is 0.0128. The number of amidine groups is 1. The van der Waals surface area contributed by atoms with Crippen LogP contribution in [0.1, 0.15) is 24.8 Å². The van der Waals surface area contributed by atoms with Gasteiger partial charge in [0.2, 0.25) is 5.91 Å². The summed E-state index contributed by atoms with van der Waals surface area (Å²) in [4.78, 5) is 13.8. The Morgan fingerprint density at radius 1 is 1.44 bits per heavy atom. The molecule has 3 N–H and O–H groups in total. The number of rotatable bonds is 3. The fourth-order valence-electron chi connectivity index (χ4n) is 2.08. The number of amides is 1. The molecule has 1 aromatic carbocycles. The molecule has 1 fully saturated rings. The number of nitrogens with zero attached hydrogens (tertiary/aromatic N) is 2. The molecule has 0 bridgehead atoms. The maximum absolute atomic E-state index is 12.2. The minimum Gasteiger partial charge on any atom is -0.409 e. The minimum atomic E-state index is 0.0128. The first-order chi connectivity index (χ1) is 8.65. The van der Waals surface area contributed by atoms with Gasteiger partial charge in [0.1, 0.15) is 0 Å². The third-order valence-electron chi connectivity index (χ3n) is 3.43. The number of para-hydroxylation sites is 1. The van der Waals surface area contributed by atoms with Crippen molar-refractivity contribution < 1.29 is 10.0 Å². The SMILES string of the molecule is CN(C(=O)C1CCC1)c1ccccc1C(N)=NO. The highest BCUT2D eigenvalue weighted by Crippen LogP contribution is 2.30. The van der Waals surface area contributed by atoms with Gasteiger partial charge in [-0.2, -0.15) is 0 Å². The number of oxime groups is 1. The van der Waals surface area contributed by atoms with Crippen molar-refractivity contribution in [2.24, 2.45) is 16.8 Å². The lowest BCUT2D eigenvalue weighted by molar-refractivity contribution is -0.124. The van der Waals surface area contributed by atoms with Crippen molar-refractivity contribution in [3.8, 4) is 0 Å². The fourth-order valence-corrected chi connectivity index (χ4v) is 2.08. The summed E-state index contributed by atoms with van der Waals surface area (Å²) in [5.41, 5.74) is 6.85. The standard InChI is InChI=1S/C13H17N3O2/c1-16(13(17)9-5-4-6-9)11-8-3-2-7-10(11)12(14)15-18/h2-3,7-9,18H,4-6H2,1H3,(H2,14,15). The van der Waals surface area contributed by atoms with Crippen molar-refractivity contribution in [2.45, 2.75) is 19.3 Å². The maximum Gasteiger partial charge on any atom is 0.229 e. The molecule has 0 saturated heterocycles. The Bertz CT molecular complexity index is 481. The number of nitrogens with two attached hydrogens (primary N) is 1. The summed E-state index contributed by atoms with van der Waals surface area (Å²) < 4.78 is 0. The average Bonchev–Trinajstić information content (AvgIpc) is 2.34. The third kappa shape index (κ3) is 2.16. The van der Waals surface area contributed by atoms with E-state index in [9.17, 15) is 4.79 Å². The highest BCUT2D eigenvalue weighted by molar-refractivity contribution is 6.06.